The first-order valence-corrected chi connectivity index (χ1v) is 11.3. The summed E-state index contributed by atoms with van der Waals surface area (Å²) in [6.07, 6.45) is 6.51. The van der Waals surface area contributed by atoms with E-state index >= 15 is 0 Å². The van der Waals surface area contributed by atoms with Gasteiger partial charge in [0.1, 0.15) is 6.04 Å². The average molecular weight is 406 g/mol. The lowest BCUT2D eigenvalue weighted by atomic mass is 9.82. The van der Waals surface area contributed by atoms with E-state index in [9.17, 15) is 14.4 Å². The molecule has 0 heterocycles. The summed E-state index contributed by atoms with van der Waals surface area (Å²) in [5.41, 5.74) is 1.30. The van der Waals surface area contributed by atoms with E-state index in [2.05, 4.69) is 22.9 Å². The Balaban J connectivity index is 1.95. The van der Waals surface area contributed by atoms with Gasteiger partial charge in [-0.05, 0) is 74.3 Å². The fourth-order valence-electron chi connectivity index (χ4n) is 3.39. The first-order valence-electron chi connectivity index (χ1n) is 9.87. The van der Waals surface area contributed by atoms with Gasteiger partial charge in [0.25, 0.3) is 0 Å². The van der Waals surface area contributed by atoms with E-state index in [4.69, 9.17) is 0 Å². The first-order chi connectivity index (χ1) is 13.4. The quantitative estimate of drug-likeness (QED) is 0.616. The highest BCUT2D eigenvalue weighted by Crippen LogP contribution is 2.28. The fraction of sp³-hybridized carbons (Fsp3) is 0.571. The highest BCUT2D eigenvalue weighted by molar-refractivity contribution is 7.98. The SMILES string of the molecule is CSCC[C@H](NC(=O)C1CCC(C)CC1)C(=O)Nc1ccc(NC(C)=O)cc1. The predicted octanol–water partition coefficient (Wildman–Crippen LogP) is 3.65. The highest BCUT2D eigenvalue weighted by atomic mass is 32.2. The van der Waals surface area contributed by atoms with Crippen molar-refractivity contribution in [3.8, 4) is 0 Å². The number of carbonyl (C=O) groups is 3. The second-order valence-electron chi connectivity index (χ2n) is 7.55. The number of thioether (sulfide) groups is 1. The molecule has 0 aliphatic heterocycles. The Labute approximate surface area is 171 Å². The van der Waals surface area contributed by atoms with E-state index in [1.54, 1.807) is 36.0 Å². The minimum absolute atomic E-state index is 0.00541. The van der Waals surface area contributed by atoms with Gasteiger partial charge in [-0.2, -0.15) is 11.8 Å². The van der Waals surface area contributed by atoms with E-state index in [1.807, 2.05) is 6.26 Å². The van der Waals surface area contributed by atoms with Crippen LogP contribution in [0.3, 0.4) is 0 Å². The zero-order valence-electron chi connectivity index (χ0n) is 16.9. The smallest absolute Gasteiger partial charge is 0.246 e. The Kier molecular flexibility index (Phi) is 8.83. The monoisotopic (exact) mass is 405 g/mol. The van der Waals surface area contributed by atoms with Crippen molar-refractivity contribution in [2.75, 3.05) is 22.6 Å². The van der Waals surface area contributed by atoms with Crippen molar-refractivity contribution in [2.45, 2.75) is 52.0 Å². The number of rotatable bonds is 8. The number of amides is 3. The Morgan fingerprint density at radius 2 is 1.61 bits per heavy atom. The number of hydrogen-bond acceptors (Lipinski definition) is 4. The van der Waals surface area contributed by atoms with E-state index in [0.29, 0.717) is 23.7 Å². The van der Waals surface area contributed by atoms with E-state index in [1.165, 1.54) is 6.92 Å². The summed E-state index contributed by atoms with van der Waals surface area (Å²) in [5, 5.41) is 8.53. The van der Waals surface area contributed by atoms with E-state index < -0.39 is 6.04 Å². The van der Waals surface area contributed by atoms with Gasteiger partial charge in [0.15, 0.2) is 0 Å². The third-order valence-electron chi connectivity index (χ3n) is 5.10. The Morgan fingerprint density at radius 3 is 2.14 bits per heavy atom. The molecular formula is C21H31N3O3S. The van der Waals surface area contributed by atoms with Crippen molar-refractivity contribution >= 4 is 40.9 Å². The summed E-state index contributed by atoms with van der Waals surface area (Å²) in [7, 11) is 0. The van der Waals surface area contributed by atoms with Crippen LogP contribution >= 0.6 is 11.8 Å². The summed E-state index contributed by atoms with van der Waals surface area (Å²) in [4.78, 5) is 36.5. The molecule has 2 rings (SSSR count). The molecule has 1 atom stereocenters. The van der Waals surface area contributed by atoms with Crippen LogP contribution in [0.25, 0.3) is 0 Å². The number of hydrogen-bond donors (Lipinski definition) is 3. The summed E-state index contributed by atoms with van der Waals surface area (Å²) >= 11 is 1.65. The Hall–Kier alpha value is -2.02. The summed E-state index contributed by atoms with van der Waals surface area (Å²) in [6, 6.07) is 6.39. The molecule has 0 bridgehead atoms. The minimum Gasteiger partial charge on any atom is -0.344 e. The lowest BCUT2D eigenvalue weighted by molar-refractivity contribution is -0.130. The third kappa shape index (κ3) is 7.19. The molecule has 1 aliphatic carbocycles. The lowest BCUT2D eigenvalue weighted by Gasteiger charge is -2.27. The molecule has 3 amide bonds. The number of benzene rings is 1. The van der Waals surface area contributed by atoms with Crippen LogP contribution in [0.15, 0.2) is 24.3 Å². The molecule has 0 aromatic heterocycles. The molecule has 0 radical (unpaired) electrons. The summed E-state index contributed by atoms with van der Waals surface area (Å²) in [5.74, 6) is 1.13. The molecule has 1 aromatic carbocycles. The average Bonchev–Trinajstić information content (AvgIpc) is 2.66. The highest BCUT2D eigenvalue weighted by Gasteiger charge is 2.28. The molecule has 6 nitrogen and oxygen atoms in total. The zero-order chi connectivity index (χ0) is 20.5. The van der Waals surface area contributed by atoms with Crippen LogP contribution in [-0.4, -0.2) is 35.8 Å². The number of nitrogens with one attached hydrogen (secondary N) is 3. The summed E-state index contributed by atoms with van der Waals surface area (Å²) < 4.78 is 0. The van der Waals surface area contributed by atoms with Crippen molar-refractivity contribution in [1.29, 1.82) is 0 Å². The molecule has 1 aliphatic rings. The van der Waals surface area contributed by atoms with Gasteiger partial charge in [0, 0.05) is 24.2 Å². The standard InChI is InChI=1S/C21H31N3O3S/c1-14-4-6-16(7-5-14)20(26)24-19(12-13-28-3)21(27)23-18-10-8-17(9-11-18)22-15(2)25/h8-11,14,16,19H,4-7,12-13H2,1-3H3,(H,22,25)(H,23,27)(H,24,26)/t14?,16?,19-/m0/s1. The molecule has 28 heavy (non-hydrogen) atoms. The van der Waals surface area contributed by atoms with Gasteiger partial charge in [-0.1, -0.05) is 6.92 Å². The molecule has 0 saturated heterocycles. The van der Waals surface area contributed by atoms with Crippen molar-refractivity contribution in [3.63, 3.8) is 0 Å². The van der Waals surface area contributed by atoms with Gasteiger partial charge in [-0.15, -0.1) is 0 Å². The molecule has 1 fully saturated rings. The van der Waals surface area contributed by atoms with Gasteiger partial charge in [0.2, 0.25) is 17.7 Å². The predicted molar refractivity (Wildman–Crippen MR) is 115 cm³/mol. The van der Waals surface area contributed by atoms with Crippen LogP contribution in [-0.2, 0) is 14.4 Å². The van der Waals surface area contributed by atoms with Gasteiger partial charge in [-0.25, -0.2) is 0 Å². The third-order valence-corrected chi connectivity index (χ3v) is 5.75. The molecule has 0 unspecified atom stereocenters. The molecule has 0 spiro atoms. The minimum atomic E-state index is -0.547. The maximum absolute atomic E-state index is 12.7. The molecule has 3 N–H and O–H groups in total. The van der Waals surface area contributed by atoms with Crippen LogP contribution in [0.4, 0.5) is 11.4 Å². The molecule has 1 saturated carbocycles. The van der Waals surface area contributed by atoms with Gasteiger partial charge in [-0.3, -0.25) is 14.4 Å². The van der Waals surface area contributed by atoms with Crippen LogP contribution in [0, 0.1) is 11.8 Å². The molecule has 7 heteroatoms. The molecular weight excluding hydrogens is 374 g/mol. The fourth-order valence-corrected chi connectivity index (χ4v) is 3.86. The lowest BCUT2D eigenvalue weighted by Crippen LogP contribution is -2.46. The van der Waals surface area contributed by atoms with Crippen molar-refractivity contribution in [2.24, 2.45) is 11.8 Å². The van der Waals surface area contributed by atoms with Crippen LogP contribution in [0.2, 0.25) is 0 Å². The van der Waals surface area contributed by atoms with Crippen LogP contribution in [0.1, 0.15) is 46.0 Å². The van der Waals surface area contributed by atoms with E-state index in [0.717, 1.165) is 31.4 Å². The van der Waals surface area contributed by atoms with Crippen molar-refractivity contribution < 1.29 is 14.4 Å². The van der Waals surface area contributed by atoms with Crippen LogP contribution < -0.4 is 16.0 Å². The molecule has 1 aromatic rings. The van der Waals surface area contributed by atoms with Gasteiger partial charge < -0.3 is 16.0 Å². The Bertz CT molecular complexity index is 670. The zero-order valence-corrected chi connectivity index (χ0v) is 17.7. The maximum Gasteiger partial charge on any atom is 0.246 e. The Morgan fingerprint density at radius 1 is 1.04 bits per heavy atom. The first kappa shape index (κ1) is 22.3. The second-order valence-corrected chi connectivity index (χ2v) is 8.53. The van der Waals surface area contributed by atoms with Crippen molar-refractivity contribution in [1.82, 2.24) is 5.32 Å². The van der Waals surface area contributed by atoms with Crippen molar-refractivity contribution in [3.05, 3.63) is 24.3 Å². The molecule has 154 valence electrons. The maximum atomic E-state index is 12.7. The summed E-state index contributed by atoms with van der Waals surface area (Å²) in [6.45, 7) is 3.67. The van der Waals surface area contributed by atoms with Gasteiger partial charge in [0.05, 0.1) is 0 Å². The number of carbonyl (C=O) groups excluding carboxylic acids is 3. The number of anilines is 2. The topological polar surface area (TPSA) is 87.3 Å². The largest absolute Gasteiger partial charge is 0.344 e. The van der Waals surface area contributed by atoms with Gasteiger partial charge >= 0.3 is 0 Å². The van der Waals surface area contributed by atoms with Crippen LogP contribution in [0.5, 0.6) is 0 Å². The normalized spacial score (nSPS) is 20.1. The second kappa shape index (κ2) is 11.1. The van der Waals surface area contributed by atoms with E-state index in [-0.39, 0.29) is 23.6 Å².